The van der Waals surface area contributed by atoms with Crippen molar-refractivity contribution in [3.05, 3.63) is 45.8 Å². The lowest BCUT2D eigenvalue weighted by Gasteiger charge is -2.22. The number of amides is 2. The molecule has 9 heteroatoms. The van der Waals surface area contributed by atoms with Gasteiger partial charge in [0.1, 0.15) is 10.3 Å². The molecule has 30 heavy (non-hydrogen) atoms. The molecule has 1 saturated heterocycles. The summed E-state index contributed by atoms with van der Waals surface area (Å²) in [5, 5.41) is 5.44. The van der Waals surface area contributed by atoms with Gasteiger partial charge in [-0.25, -0.2) is 8.42 Å². The number of rotatable bonds is 6. The van der Waals surface area contributed by atoms with Crippen molar-refractivity contribution in [2.24, 2.45) is 0 Å². The van der Waals surface area contributed by atoms with Gasteiger partial charge in [-0.1, -0.05) is 17.7 Å². The lowest BCUT2D eigenvalue weighted by molar-refractivity contribution is -0.126. The highest BCUT2D eigenvalue weighted by atomic mass is 32.2. The van der Waals surface area contributed by atoms with Crippen molar-refractivity contribution in [2.45, 2.75) is 50.8 Å². The van der Waals surface area contributed by atoms with Crippen LogP contribution in [0.25, 0.3) is 0 Å². The Labute approximate surface area is 181 Å². The molecule has 1 unspecified atom stereocenters. The Morgan fingerprint density at radius 3 is 2.40 bits per heavy atom. The summed E-state index contributed by atoms with van der Waals surface area (Å²) in [6, 6.07) is 6.49. The number of sulfonamides is 1. The SMILES string of the molecule is Cc1cc(C)c(NC(=O)CNC(=O)C2CCCN2S(=O)(=O)c2ccc(C)s2)c(C)c1. The third-order valence-electron chi connectivity index (χ3n) is 5.15. The van der Waals surface area contributed by atoms with Gasteiger partial charge >= 0.3 is 0 Å². The van der Waals surface area contributed by atoms with E-state index < -0.39 is 22.0 Å². The number of nitrogens with zero attached hydrogens (tertiary/aromatic N) is 1. The van der Waals surface area contributed by atoms with Crippen LogP contribution < -0.4 is 10.6 Å². The quantitative estimate of drug-likeness (QED) is 0.709. The predicted molar refractivity (Wildman–Crippen MR) is 118 cm³/mol. The first-order chi connectivity index (χ1) is 14.1. The molecule has 2 amide bonds. The highest BCUT2D eigenvalue weighted by molar-refractivity contribution is 7.91. The van der Waals surface area contributed by atoms with Gasteiger partial charge in [0.25, 0.3) is 10.0 Å². The average molecular weight is 450 g/mol. The van der Waals surface area contributed by atoms with Crippen LogP contribution in [0.5, 0.6) is 0 Å². The molecule has 1 aromatic carbocycles. The molecule has 162 valence electrons. The number of nitrogens with one attached hydrogen (secondary N) is 2. The Hall–Kier alpha value is -2.23. The molecule has 1 aliphatic rings. The molecule has 1 aliphatic heterocycles. The van der Waals surface area contributed by atoms with Gasteiger partial charge in [0.2, 0.25) is 11.8 Å². The molecule has 3 rings (SSSR count). The molecular formula is C21H27N3O4S2. The second-order valence-corrected chi connectivity index (χ2v) is 11.1. The first-order valence-electron chi connectivity index (χ1n) is 9.83. The molecule has 2 aromatic rings. The van der Waals surface area contributed by atoms with Gasteiger partial charge in [0.05, 0.1) is 6.54 Å². The highest BCUT2D eigenvalue weighted by Crippen LogP contribution is 2.30. The zero-order chi connectivity index (χ0) is 22.1. The first kappa shape index (κ1) is 22.5. The van der Waals surface area contributed by atoms with Gasteiger partial charge in [-0.15, -0.1) is 11.3 Å². The zero-order valence-corrected chi connectivity index (χ0v) is 19.2. The molecular weight excluding hydrogens is 422 g/mol. The molecule has 1 atom stereocenters. The normalized spacial score (nSPS) is 17.1. The van der Waals surface area contributed by atoms with Gasteiger partial charge in [0, 0.05) is 17.1 Å². The summed E-state index contributed by atoms with van der Waals surface area (Å²) in [5.74, 6) is -0.795. The average Bonchev–Trinajstić information content (AvgIpc) is 3.32. The minimum Gasteiger partial charge on any atom is -0.346 e. The molecule has 0 bridgehead atoms. The summed E-state index contributed by atoms with van der Waals surface area (Å²) < 4.78 is 27.3. The van der Waals surface area contributed by atoms with E-state index in [-0.39, 0.29) is 16.7 Å². The molecule has 7 nitrogen and oxygen atoms in total. The molecule has 0 radical (unpaired) electrons. The van der Waals surface area contributed by atoms with E-state index in [1.165, 1.54) is 15.6 Å². The van der Waals surface area contributed by atoms with E-state index in [1.54, 1.807) is 12.1 Å². The lowest BCUT2D eigenvalue weighted by Crippen LogP contribution is -2.47. The minimum absolute atomic E-state index is 0.214. The second-order valence-electron chi connectivity index (χ2n) is 7.68. The third-order valence-corrected chi connectivity index (χ3v) is 8.53. The van der Waals surface area contributed by atoms with Crippen LogP contribution in [0.4, 0.5) is 5.69 Å². The van der Waals surface area contributed by atoms with Crippen LogP contribution in [0, 0.1) is 27.7 Å². The van der Waals surface area contributed by atoms with Crippen LogP contribution >= 0.6 is 11.3 Å². The fourth-order valence-electron chi connectivity index (χ4n) is 3.80. The van der Waals surface area contributed by atoms with E-state index in [0.29, 0.717) is 19.4 Å². The van der Waals surface area contributed by atoms with Gasteiger partial charge < -0.3 is 10.6 Å². The van der Waals surface area contributed by atoms with Gasteiger partial charge in [-0.05, 0) is 63.8 Å². The smallest absolute Gasteiger partial charge is 0.253 e. The predicted octanol–water partition coefficient (Wildman–Crippen LogP) is 2.89. The minimum atomic E-state index is -3.72. The van der Waals surface area contributed by atoms with Gasteiger partial charge in [-0.2, -0.15) is 4.31 Å². The van der Waals surface area contributed by atoms with Crippen molar-refractivity contribution in [1.29, 1.82) is 0 Å². The maximum Gasteiger partial charge on any atom is 0.253 e. The Balaban J connectivity index is 1.63. The third kappa shape index (κ3) is 4.74. The number of carbonyl (C=O) groups is 2. The lowest BCUT2D eigenvalue weighted by atomic mass is 10.1. The number of aryl methyl sites for hydroxylation is 4. The van der Waals surface area contributed by atoms with Gasteiger partial charge in [-0.3, -0.25) is 9.59 Å². The molecule has 0 spiro atoms. The number of carbonyl (C=O) groups excluding carboxylic acids is 2. The first-order valence-corrected chi connectivity index (χ1v) is 12.1. The maximum absolute atomic E-state index is 12.9. The van der Waals surface area contributed by atoms with Gasteiger partial charge in [0.15, 0.2) is 0 Å². The Morgan fingerprint density at radius 2 is 1.80 bits per heavy atom. The fraction of sp³-hybridized carbons (Fsp3) is 0.429. The molecule has 2 N–H and O–H groups in total. The van der Waals surface area contributed by atoms with Crippen molar-refractivity contribution >= 4 is 38.9 Å². The summed E-state index contributed by atoms with van der Waals surface area (Å²) >= 11 is 1.19. The Kier molecular flexibility index (Phi) is 6.64. The second kappa shape index (κ2) is 8.87. The summed E-state index contributed by atoms with van der Waals surface area (Å²) in [4.78, 5) is 25.9. The summed E-state index contributed by atoms with van der Waals surface area (Å²) in [6.07, 6.45) is 1.04. The van der Waals surface area contributed by atoms with Crippen LogP contribution in [0.2, 0.25) is 0 Å². The monoisotopic (exact) mass is 449 g/mol. The summed E-state index contributed by atoms with van der Waals surface area (Å²) in [6.45, 7) is 7.75. The highest BCUT2D eigenvalue weighted by Gasteiger charge is 2.40. The number of thiophene rings is 1. The number of anilines is 1. The van der Waals surface area contributed by atoms with Crippen molar-refractivity contribution in [2.75, 3.05) is 18.4 Å². The summed E-state index contributed by atoms with van der Waals surface area (Å²) in [7, 11) is -3.72. The van der Waals surface area contributed by atoms with Crippen LogP contribution in [-0.2, 0) is 19.6 Å². The fourth-order valence-corrected chi connectivity index (χ4v) is 6.87. The van der Waals surface area contributed by atoms with Crippen LogP contribution in [0.1, 0.15) is 34.4 Å². The number of hydrogen-bond acceptors (Lipinski definition) is 5. The Morgan fingerprint density at radius 1 is 1.13 bits per heavy atom. The maximum atomic E-state index is 12.9. The number of hydrogen-bond donors (Lipinski definition) is 2. The van der Waals surface area contributed by atoms with Crippen LogP contribution in [0.15, 0.2) is 28.5 Å². The van der Waals surface area contributed by atoms with E-state index in [0.717, 1.165) is 27.3 Å². The van der Waals surface area contributed by atoms with Crippen LogP contribution in [-0.4, -0.2) is 43.7 Å². The van der Waals surface area contributed by atoms with E-state index in [9.17, 15) is 18.0 Å². The molecule has 0 aliphatic carbocycles. The van der Waals surface area contributed by atoms with Crippen LogP contribution in [0.3, 0.4) is 0 Å². The van der Waals surface area contributed by atoms with E-state index >= 15 is 0 Å². The van der Waals surface area contributed by atoms with E-state index in [4.69, 9.17) is 0 Å². The molecule has 1 aromatic heterocycles. The topological polar surface area (TPSA) is 95.6 Å². The number of benzene rings is 1. The van der Waals surface area contributed by atoms with Crippen molar-refractivity contribution in [3.8, 4) is 0 Å². The Bertz CT molecular complexity index is 1050. The standard InChI is InChI=1S/C21H27N3O4S2/c1-13-10-14(2)20(15(3)11-13)23-18(25)12-22-21(26)17-6-5-9-24(17)30(27,28)19-8-7-16(4)29-19/h7-8,10-11,17H,5-6,9,12H2,1-4H3,(H,22,26)(H,23,25). The van der Waals surface area contributed by atoms with E-state index in [1.807, 2.05) is 39.8 Å². The molecule has 2 heterocycles. The van der Waals surface area contributed by atoms with Crippen molar-refractivity contribution < 1.29 is 18.0 Å². The molecule has 0 saturated carbocycles. The largest absolute Gasteiger partial charge is 0.346 e. The molecule has 1 fully saturated rings. The van der Waals surface area contributed by atoms with Crippen molar-refractivity contribution in [1.82, 2.24) is 9.62 Å². The zero-order valence-electron chi connectivity index (χ0n) is 17.6. The van der Waals surface area contributed by atoms with Crippen molar-refractivity contribution in [3.63, 3.8) is 0 Å². The van der Waals surface area contributed by atoms with E-state index in [2.05, 4.69) is 10.6 Å². The summed E-state index contributed by atoms with van der Waals surface area (Å²) in [5.41, 5.74) is 3.75.